The molecule has 0 radical (unpaired) electrons. The van der Waals surface area contributed by atoms with Crippen LogP contribution >= 0.6 is 11.6 Å². The van der Waals surface area contributed by atoms with E-state index in [9.17, 15) is 22.0 Å². The van der Waals surface area contributed by atoms with Crippen LogP contribution in [-0.2, 0) is 14.8 Å². The van der Waals surface area contributed by atoms with Crippen molar-refractivity contribution in [1.29, 1.82) is 0 Å². The largest absolute Gasteiger partial charge is 0.481 e. The van der Waals surface area contributed by atoms with Crippen molar-refractivity contribution < 1.29 is 31.8 Å². The van der Waals surface area contributed by atoms with Gasteiger partial charge in [0.05, 0.1) is 16.5 Å². The summed E-state index contributed by atoms with van der Waals surface area (Å²) in [5, 5.41) is 8.25. The van der Waals surface area contributed by atoms with Gasteiger partial charge in [-0.3, -0.25) is 9.52 Å². The molecule has 0 unspecified atom stereocenters. The summed E-state index contributed by atoms with van der Waals surface area (Å²) in [6.45, 7) is -3.04. The van der Waals surface area contributed by atoms with Crippen LogP contribution in [0, 0.1) is 0 Å². The minimum atomic E-state index is -3.74. The molecule has 0 aromatic heterocycles. The van der Waals surface area contributed by atoms with Crippen molar-refractivity contribution in [1.82, 2.24) is 0 Å². The molecule has 0 spiro atoms. The zero-order chi connectivity index (χ0) is 16.0. The van der Waals surface area contributed by atoms with Crippen LogP contribution in [0.25, 0.3) is 0 Å². The van der Waals surface area contributed by atoms with E-state index in [0.717, 1.165) is 12.1 Å². The summed E-state index contributed by atoms with van der Waals surface area (Å²) in [4.78, 5) is 10.3. The molecule has 0 heterocycles. The van der Waals surface area contributed by atoms with Crippen molar-refractivity contribution >= 4 is 33.3 Å². The third kappa shape index (κ3) is 6.58. The van der Waals surface area contributed by atoms with Gasteiger partial charge in [-0.25, -0.2) is 8.42 Å². The van der Waals surface area contributed by atoms with E-state index in [1.165, 1.54) is 6.07 Å². The van der Waals surface area contributed by atoms with Crippen LogP contribution in [0.15, 0.2) is 18.2 Å². The molecule has 0 aliphatic rings. The van der Waals surface area contributed by atoms with E-state index < -0.39 is 22.6 Å². The van der Waals surface area contributed by atoms with Gasteiger partial charge in [0.1, 0.15) is 5.75 Å². The first-order valence-electron chi connectivity index (χ1n) is 5.66. The first kappa shape index (κ1) is 17.4. The van der Waals surface area contributed by atoms with Gasteiger partial charge in [-0.1, -0.05) is 11.6 Å². The van der Waals surface area contributed by atoms with Gasteiger partial charge in [0.2, 0.25) is 10.0 Å². The number of benzene rings is 1. The second-order valence-electron chi connectivity index (χ2n) is 3.94. The van der Waals surface area contributed by atoms with E-state index in [-0.39, 0.29) is 35.1 Å². The van der Waals surface area contributed by atoms with Crippen LogP contribution in [0.3, 0.4) is 0 Å². The molecular formula is C11H12ClF2NO5S. The number of carboxylic acid groups (broad SMARTS) is 1. The third-order valence-electron chi connectivity index (χ3n) is 2.22. The zero-order valence-electron chi connectivity index (χ0n) is 10.6. The average molecular weight is 344 g/mol. The van der Waals surface area contributed by atoms with Crippen LogP contribution in [-0.4, -0.2) is 31.9 Å². The SMILES string of the molecule is O=C(O)CCCS(=O)(=O)Nc1ccc(OC(F)F)c(Cl)c1. The van der Waals surface area contributed by atoms with E-state index in [0.29, 0.717) is 0 Å². The number of halogens is 3. The highest BCUT2D eigenvalue weighted by atomic mass is 35.5. The van der Waals surface area contributed by atoms with Gasteiger partial charge in [-0.2, -0.15) is 8.78 Å². The fourth-order valence-electron chi connectivity index (χ4n) is 1.40. The molecule has 0 aliphatic carbocycles. The number of alkyl halides is 2. The van der Waals surface area contributed by atoms with Crippen LogP contribution in [0.5, 0.6) is 5.75 Å². The Morgan fingerprint density at radius 2 is 2.10 bits per heavy atom. The summed E-state index contributed by atoms with van der Waals surface area (Å²) < 4.78 is 53.7. The maximum absolute atomic E-state index is 12.0. The number of sulfonamides is 1. The Bertz CT molecular complexity index is 609. The Hall–Kier alpha value is -1.61. The maximum Gasteiger partial charge on any atom is 0.387 e. The standard InChI is InChI=1S/C11H12ClF2NO5S/c12-8-6-7(3-4-9(8)20-11(13)14)15-21(18,19)5-1-2-10(16)17/h3-4,6,11,15H,1-2,5H2,(H,16,17). The van der Waals surface area contributed by atoms with Crippen molar-refractivity contribution in [3.63, 3.8) is 0 Å². The molecule has 0 fully saturated rings. The number of ether oxygens (including phenoxy) is 1. The minimum absolute atomic E-state index is 0.0506. The first-order chi connectivity index (χ1) is 9.69. The van der Waals surface area contributed by atoms with Crippen molar-refractivity contribution in [3.05, 3.63) is 23.2 Å². The molecule has 2 N–H and O–H groups in total. The normalized spacial score (nSPS) is 11.4. The first-order valence-corrected chi connectivity index (χ1v) is 7.69. The second kappa shape index (κ2) is 7.41. The number of carbonyl (C=O) groups is 1. The fourth-order valence-corrected chi connectivity index (χ4v) is 2.74. The molecule has 0 saturated carbocycles. The lowest BCUT2D eigenvalue weighted by molar-refractivity contribution is -0.137. The number of carboxylic acids is 1. The van der Waals surface area contributed by atoms with Crippen molar-refractivity contribution in [2.45, 2.75) is 19.5 Å². The minimum Gasteiger partial charge on any atom is -0.481 e. The second-order valence-corrected chi connectivity index (χ2v) is 6.19. The van der Waals surface area contributed by atoms with Gasteiger partial charge in [-0.05, 0) is 24.6 Å². The Labute approximate surface area is 124 Å². The molecular weight excluding hydrogens is 332 g/mol. The van der Waals surface area contributed by atoms with Crippen LogP contribution in [0.4, 0.5) is 14.5 Å². The van der Waals surface area contributed by atoms with Gasteiger partial charge in [-0.15, -0.1) is 0 Å². The fraction of sp³-hybridized carbons (Fsp3) is 0.364. The topological polar surface area (TPSA) is 92.7 Å². The van der Waals surface area contributed by atoms with E-state index >= 15 is 0 Å². The molecule has 118 valence electrons. The number of hydrogen-bond donors (Lipinski definition) is 2. The molecule has 10 heteroatoms. The Kier molecular flexibility index (Phi) is 6.16. The summed E-state index contributed by atoms with van der Waals surface area (Å²) in [6.07, 6.45) is -0.326. The van der Waals surface area contributed by atoms with E-state index in [4.69, 9.17) is 16.7 Å². The predicted molar refractivity (Wildman–Crippen MR) is 72.4 cm³/mol. The van der Waals surface area contributed by atoms with Gasteiger partial charge < -0.3 is 9.84 Å². The molecule has 0 saturated heterocycles. The lowest BCUT2D eigenvalue weighted by atomic mass is 10.3. The zero-order valence-corrected chi connectivity index (χ0v) is 12.1. The van der Waals surface area contributed by atoms with E-state index in [1.807, 2.05) is 0 Å². The Morgan fingerprint density at radius 3 is 2.62 bits per heavy atom. The molecule has 1 aromatic rings. The smallest absolute Gasteiger partial charge is 0.387 e. The van der Waals surface area contributed by atoms with Gasteiger partial charge in [0, 0.05) is 6.42 Å². The third-order valence-corrected chi connectivity index (χ3v) is 3.89. The molecule has 0 amide bonds. The molecule has 1 aromatic carbocycles. The highest BCUT2D eigenvalue weighted by Crippen LogP contribution is 2.29. The molecule has 0 bridgehead atoms. The van der Waals surface area contributed by atoms with E-state index in [1.54, 1.807) is 0 Å². The van der Waals surface area contributed by atoms with E-state index in [2.05, 4.69) is 9.46 Å². The number of anilines is 1. The van der Waals surface area contributed by atoms with Gasteiger partial charge >= 0.3 is 12.6 Å². The molecule has 21 heavy (non-hydrogen) atoms. The van der Waals surface area contributed by atoms with Crippen LogP contribution < -0.4 is 9.46 Å². The molecule has 0 atom stereocenters. The quantitative estimate of drug-likeness (QED) is 0.756. The Balaban J connectivity index is 2.70. The maximum atomic E-state index is 12.0. The molecule has 0 aliphatic heterocycles. The number of aliphatic carboxylic acids is 1. The highest BCUT2D eigenvalue weighted by molar-refractivity contribution is 7.92. The molecule has 6 nitrogen and oxygen atoms in total. The summed E-state index contributed by atoms with van der Waals surface area (Å²) in [5.74, 6) is -1.76. The van der Waals surface area contributed by atoms with Crippen LogP contribution in [0.2, 0.25) is 5.02 Å². The van der Waals surface area contributed by atoms with Gasteiger partial charge in [0.15, 0.2) is 0 Å². The summed E-state index contributed by atoms with van der Waals surface area (Å²) in [5.41, 5.74) is 0.0666. The summed E-state index contributed by atoms with van der Waals surface area (Å²) in [6, 6.07) is 3.43. The summed E-state index contributed by atoms with van der Waals surface area (Å²) in [7, 11) is -3.74. The average Bonchev–Trinajstić information content (AvgIpc) is 2.31. The summed E-state index contributed by atoms with van der Waals surface area (Å²) >= 11 is 5.68. The Morgan fingerprint density at radius 1 is 1.43 bits per heavy atom. The number of hydrogen-bond acceptors (Lipinski definition) is 4. The van der Waals surface area contributed by atoms with Crippen molar-refractivity contribution in [3.8, 4) is 5.75 Å². The van der Waals surface area contributed by atoms with Crippen molar-refractivity contribution in [2.75, 3.05) is 10.5 Å². The highest BCUT2D eigenvalue weighted by Gasteiger charge is 2.14. The van der Waals surface area contributed by atoms with Crippen LogP contribution in [0.1, 0.15) is 12.8 Å². The molecule has 1 rings (SSSR count). The number of rotatable bonds is 8. The lowest BCUT2D eigenvalue weighted by Gasteiger charge is -2.10. The van der Waals surface area contributed by atoms with Crippen molar-refractivity contribution in [2.24, 2.45) is 0 Å². The monoisotopic (exact) mass is 343 g/mol. The predicted octanol–water partition coefficient (Wildman–Crippen LogP) is 2.55. The number of nitrogens with one attached hydrogen (secondary N) is 1. The lowest BCUT2D eigenvalue weighted by Crippen LogP contribution is -2.17. The van der Waals surface area contributed by atoms with Gasteiger partial charge in [0.25, 0.3) is 0 Å².